The van der Waals surface area contributed by atoms with E-state index in [1.54, 1.807) is 13.8 Å². The highest BCUT2D eigenvalue weighted by Crippen LogP contribution is 2.20. The summed E-state index contributed by atoms with van der Waals surface area (Å²) in [6.45, 7) is 4.66. The van der Waals surface area contributed by atoms with Gasteiger partial charge in [-0.05, 0) is 36.6 Å². The minimum Gasteiger partial charge on any atom is -0.480 e. The van der Waals surface area contributed by atoms with Gasteiger partial charge in [-0.25, -0.2) is 16.8 Å². The second kappa shape index (κ2) is 8.65. The minimum absolute atomic E-state index is 0.0187. The average Bonchev–Trinajstić information content (AvgIpc) is 2.61. The van der Waals surface area contributed by atoms with Crippen LogP contribution < -0.4 is 4.72 Å². The molecule has 0 saturated carbocycles. The Morgan fingerprint density at radius 3 is 2.11 bits per heavy atom. The van der Waals surface area contributed by atoms with Crippen LogP contribution in [0, 0.1) is 5.92 Å². The molecule has 1 heterocycles. The van der Waals surface area contributed by atoms with Gasteiger partial charge in [0, 0.05) is 13.1 Å². The van der Waals surface area contributed by atoms with Gasteiger partial charge in [-0.15, -0.1) is 0 Å². The maximum Gasteiger partial charge on any atom is 0.321 e. The highest BCUT2D eigenvalue weighted by molar-refractivity contribution is 7.89. The van der Waals surface area contributed by atoms with Gasteiger partial charge < -0.3 is 9.84 Å². The van der Waals surface area contributed by atoms with Gasteiger partial charge in [0.1, 0.15) is 6.04 Å². The second-order valence-electron chi connectivity index (χ2n) is 6.63. The first kappa shape index (κ1) is 21.8. The maximum atomic E-state index is 12.6. The average molecular weight is 421 g/mol. The highest BCUT2D eigenvalue weighted by Gasteiger charge is 2.28. The Balaban J connectivity index is 2.21. The van der Waals surface area contributed by atoms with E-state index in [0.29, 0.717) is 13.2 Å². The van der Waals surface area contributed by atoms with Crippen LogP contribution in [0.1, 0.15) is 20.3 Å². The third-order valence-corrected chi connectivity index (χ3v) is 7.44. The molecule has 0 aliphatic carbocycles. The molecule has 0 amide bonds. The lowest BCUT2D eigenvalue weighted by atomic mass is 10.1. The number of sulfonamides is 2. The molecule has 2 rings (SSSR count). The van der Waals surface area contributed by atoms with Crippen molar-refractivity contribution in [1.82, 2.24) is 9.03 Å². The summed E-state index contributed by atoms with van der Waals surface area (Å²) in [6.07, 6.45) is 0.137. The molecule has 1 saturated heterocycles. The number of rotatable bonds is 8. The van der Waals surface area contributed by atoms with E-state index in [9.17, 15) is 26.7 Å². The van der Waals surface area contributed by atoms with E-state index in [2.05, 4.69) is 4.72 Å². The normalized spacial score (nSPS) is 17.7. The molecule has 11 heteroatoms. The number of hydrogen-bond donors (Lipinski definition) is 2. The standard InChI is InChI=1S/C16H24N2O7S2/c1-12(2)11-15(16(19)20)17-26(21,22)13-3-5-14(6-4-13)27(23,24)18-7-9-25-10-8-18/h3-6,12,15,17H,7-11H2,1-2H3,(H,19,20). The summed E-state index contributed by atoms with van der Waals surface area (Å²) < 4.78 is 58.6. The number of aliphatic carboxylic acids is 1. The van der Waals surface area contributed by atoms with E-state index in [1.807, 2.05) is 0 Å². The molecule has 1 atom stereocenters. The largest absolute Gasteiger partial charge is 0.480 e. The monoisotopic (exact) mass is 420 g/mol. The smallest absolute Gasteiger partial charge is 0.321 e. The number of ether oxygens (including phenoxy) is 1. The van der Waals surface area contributed by atoms with Crippen LogP contribution in [-0.4, -0.2) is 64.6 Å². The molecule has 152 valence electrons. The minimum atomic E-state index is -4.10. The zero-order valence-corrected chi connectivity index (χ0v) is 16.8. The number of carboxylic acids is 1. The topological polar surface area (TPSA) is 130 Å². The van der Waals surface area contributed by atoms with Gasteiger partial charge in [-0.2, -0.15) is 9.03 Å². The maximum absolute atomic E-state index is 12.6. The van der Waals surface area contributed by atoms with Crippen LogP contribution in [0.4, 0.5) is 0 Å². The van der Waals surface area contributed by atoms with Crippen LogP contribution >= 0.6 is 0 Å². The summed E-state index contributed by atoms with van der Waals surface area (Å²) in [6, 6.07) is 3.47. The van der Waals surface area contributed by atoms with Crippen molar-refractivity contribution in [2.75, 3.05) is 26.3 Å². The van der Waals surface area contributed by atoms with Gasteiger partial charge in [0.05, 0.1) is 23.0 Å². The molecule has 0 spiro atoms. The summed E-state index contributed by atoms with van der Waals surface area (Å²) in [7, 11) is -7.83. The summed E-state index contributed by atoms with van der Waals surface area (Å²) in [4.78, 5) is 11.1. The van der Waals surface area contributed by atoms with Gasteiger partial charge >= 0.3 is 5.97 Å². The van der Waals surface area contributed by atoms with Gasteiger partial charge in [0.25, 0.3) is 0 Å². The van der Waals surface area contributed by atoms with Gasteiger partial charge in [0.15, 0.2) is 0 Å². The number of carboxylic acid groups (broad SMARTS) is 1. The number of morpholine rings is 1. The van der Waals surface area contributed by atoms with Crippen LogP contribution in [0.5, 0.6) is 0 Å². The first-order valence-electron chi connectivity index (χ1n) is 8.47. The molecule has 0 radical (unpaired) electrons. The van der Waals surface area contributed by atoms with Crippen LogP contribution in [-0.2, 0) is 29.6 Å². The number of hydrogen-bond acceptors (Lipinski definition) is 6. The van der Waals surface area contributed by atoms with Crippen molar-refractivity contribution in [2.45, 2.75) is 36.1 Å². The zero-order valence-electron chi connectivity index (χ0n) is 15.2. The van der Waals surface area contributed by atoms with Crippen molar-refractivity contribution >= 4 is 26.0 Å². The molecule has 1 aromatic rings. The van der Waals surface area contributed by atoms with Gasteiger partial charge in [-0.3, -0.25) is 4.79 Å². The molecule has 1 aliphatic rings. The molecule has 0 aromatic heterocycles. The highest BCUT2D eigenvalue weighted by atomic mass is 32.2. The fourth-order valence-electron chi connectivity index (χ4n) is 2.65. The van der Waals surface area contributed by atoms with Gasteiger partial charge in [0.2, 0.25) is 20.0 Å². The predicted molar refractivity (Wildman–Crippen MR) is 97.2 cm³/mol. The Morgan fingerprint density at radius 1 is 1.11 bits per heavy atom. The molecule has 1 aliphatic heterocycles. The lowest BCUT2D eigenvalue weighted by Crippen LogP contribution is -2.41. The third-order valence-electron chi connectivity index (χ3n) is 4.04. The van der Waals surface area contributed by atoms with Crippen molar-refractivity contribution in [1.29, 1.82) is 0 Å². The van der Waals surface area contributed by atoms with Crippen LogP contribution in [0.25, 0.3) is 0 Å². The predicted octanol–water partition coefficient (Wildman–Crippen LogP) is 0.485. The van der Waals surface area contributed by atoms with Crippen molar-refractivity contribution in [3.05, 3.63) is 24.3 Å². The zero-order chi connectivity index (χ0) is 20.2. The molecule has 0 bridgehead atoms. The number of carbonyl (C=O) groups is 1. The fraction of sp³-hybridized carbons (Fsp3) is 0.562. The Morgan fingerprint density at radius 2 is 1.63 bits per heavy atom. The Hall–Kier alpha value is -1.53. The number of nitrogens with zero attached hydrogens (tertiary/aromatic N) is 1. The third kappa shape index (κ3) is 5.48. The van der Waals surface area contributed by atoms with E-state index in [1.165, 1.54) is 16.4 Å². The Kier molecular flexibility index (Phi) is 6.98. The molecule has 1 aromatic carbocycles. The first-order valence-corrected chi connectivity index (χ1v) is 11.4. The Bertz CT molecular complexity index is 859. The number of nitrogens with one attached hydrogen (secondary N) is 1. The summed E-state index contributed by atoms with van der Waals surface area (Å²) in [5, 5.41) is 9.21. The van der Waals surface area contributed by atoms with E-state index >= 15 is 0 Å². The van der Waals surface area contributed by atoms with Crippen LogP contribution in [0.3, 0.4) is 0 Å². The SMILES string of the molecule is CC(C)CC(NS(=O)(=O)c1ccc(S(=O)(=O)N2CCOCC2)cc1)C(=O)O. The van der Waals surface area contributed by atoms with Crippen molar-refractivity contribution in [3.8, 4) is 0 Å². The molecule has 1 fully saturated rings. The van der Waals surface area contributed by atoms with E-state index < -0.39 is 32.1 Å². The van der Waals surface area contributed by atoms with Crippen LogP contribution in [0.15, 0.2) is 34.1 Å². The quantitative estimate of drug-likeness (QED) is 0.626. The molecule has 2 N–H and O–H groups in total. The van der Waals surface area contributed by atoms with Crippen molar-refractivity contribution < 1.29 is 31.5 Å². The lowest BCUT2D eigenvalue weighted by Gasteiger charge is -2.26. The summed E-state index contributed by atoms with van der Waals surface area (Å²) in [5.74, 6) is -1.28. The van der Waals surface area contributed by atoms with E-state index in [4.69, 9.17) is 4.74 Å². The van der Waals surface area contributed by atoms with Crippen molar-refractivity contribution in [3.63, 3.8) is 0 Å². The molecule has 27 heavy (non-hydrogen) atoms. The molecule has 1 unspecified atom stereocenters. The van der Waals surface area contributed by atoms with E-state index in [0.717, 1.165) is 12.1 Å². The summed E-state index contributed by atoms with van der Waals surface area (Å²) in [5.41, 5.74) is 0. The lowest BCUT2D eigenvalue weighted by molar-refractivity contribution is -0.139. The molecular formula is C16H24N2O7S2. The first-order chi connectivity index (χ1) is 12.5. The van der Waals surface area contributed by atoms with E-state index in [-0.39, 0.29) is 35.2 Å². The second-order valence-corrected chi connectivity index (χ2v) is 10.3. The van der Waals surface area contributed by atoms with Gasteiger partial charge in [-0.1, -0.05) is 13.8 Å². The summed E-state index contributed by atoms with van der Waals surface area (Å²) >= 11 is 0. The Labute approximate surface area is 159 Å². The molecule has 9 nitrogen and oxygen atoms in total. The molecular weight excluding hydrogens is 396 g/mol. The van der Waals surface area contributed by atoms with Crippen LogP contribution in [0.2, 0.25) is 0 Å². The van der Waals surface area contributed by atoms with Crippen molar-refractivity contribution in [2.24, 2.45) is 5.92 Å². The fourth-order valence-corrected chi connectivity index (χ4v) is 5.26. The number of benzene rings is 1.